The van der Waals surface area contributed by atoms with Crippen molar-refractivity contribution in [3.8, 4) is 5.75 Å². The summed E-state index contributed by atoms with van der Waals surface area (Å²) < 4.78 is 19.0. The van der Waals surface area contributed by atoms with Gasteiger partial charge in [0.25, 0.3) is 5.91 Å². The van der Waals surface area contributed by atoms with Crippen LogP contribution in [0.15, 0.2) is 42.5 Å². The van der Waals surface area contributed by atoms with Crippen LogP contribution in [0.3, 0.4) is 0 Å². The zero-order valence-electron chi connectivity index (χ0n) is 17.2. The molecule has 0 radical (unpaired) electrons. The largest absolute Gasteiger partial charge is 0.482 e. The van der Waals surface area contributed by atoms with Gasteiger partial charge in [-0.2, -0.15) is 0 Å². The second-order valence-corrected chi connectivity index (χ2v) is 7.43. The molecule has 0 fully saturated rings. The van der Waals surface area contributed by atoms with Crippen molar-refractivity contribution in [1.82, 2.24) is 4.90 Å². The summed E-state index contributed by atoms with van der Waals surface area (Å²) in [6.45, 7) is 1.74. The summed E-state index contributed by atoms with van der Waals surface area (Å²) in [4.78, 5) is 26.0. The first-order valence-electron chi connectivity index (χ1n) is 10.0. The number of anilines is 1. The maximum Gasteiger partial charge on any atom is 0.262 e. The minimum Gasteiger partial charge on any atom is -0.482 e. The van der Waals surface area contributed by atoms with Gasteiger partial charge in [0.2, 0.25) is 0 Å². The van der Waals surface area contributed by atoms with E-state index in [0.717, 1.165) is 37.9 Å². The fraction of sp³-hybridized carbons (Fsp3) is 0.391. The number of carbonyl (C=O) groups is 2. The monoisotopic (exact) mass is 434 g/mol. The van der Waals surface area contributed by atoms with E-state index in [9.17, 15) is 14.0 Å². The maximum absolute atomic E-state index is 13.6. The number of fused-ring (bicyclic) bond motifs is 1. The third-order valence-corrected chi connectivity index (χ3v) is 5.10. The smallest absolute Gasteiger partial charge is 0.262 e. The zero-order chi connectivity index (χ0) is 20.6. The van der Waals surface area contributed by atoms with Gasteiger partial charge < -0.3 is 15.0 Å². The minimum atomic E-state index is -0.207. The van der Waals surface area contributed by atoms with Crippen molar-refractivity contribution in [1.29, 1.82) is 0 Å². The van der Waals surface area contributed by atoms with Crippen LogP contribution in [0.25, 0.3) is 0 Å². The van der Waals surface area contributed by atoms with Crippen molar-refractivity contribution in [2.24, 2.45) is 0 Å². The summed E-state index contributed by atoms with van der Waals surface area (Å²) in [5.41, 5.74) is 1.90. The Morgan fingerprint density at radius 2 is 1.93 bits per heavy atom. The molecule has 1 N–H and O–H groups in total. The van der Waals surface area contributed by atoms with Crippen molar-refractivity contribution in [3.63, 3.8) is 0 Å². The Hall–Kier alpha value is -2.44. The molecule has 0 aromatic heterocycles. The van der Waals surface area contributed by atoms with Crippen molar-refractivity contribution in [2.75, 3.05) is 32.1 Å². The number of amides is 1. The number of rotatable bonds is 10. The van der Waals surface area contributed by atoms with Gasteiger partial charge in [-0.25, -0.2) is 4.39 Å². The Bertz CT molecular complexity index is 875. The molecule has 2 aromatic carbocycles. The lowest BCUT2D eigenvalue weighted by atomic mass is 10.0. The van der Waals surface area contributed by atoms with Crippen LogP contribution in [0, 0.1) is 5.82 Å². The van der Waals surface area contributed by atoms with E-state index >= 15 is 0 Å². The first kappa shape index (κ1) is 23.8. The third kappa shape index (κ3) is 6.82. The highest BCUT2D eigenvalue weighted by atomic mass is 35.5. The highest BCUT2D eigenvalue weighted by molar-refractivity contribution is 6.00. The summed E-state index contributed by atoms with van der Waals surface area (Å²) >= 11 is 0. The molecule has 1 aliphatic heterocycles. The van der Waals surface area contributed by atoms with E-state index in [0.29, 0.717) is 29.8 Å². The number of carbonyl (C=O) groups excluding carboxylic acids is 2. The molecule has 0 saturated carbocycles. The van der Waals surface area contributed by atoms with Crippen LogP contribution in [0.2, 0.25) is 0 Å². The van der Waals surface area contributed by atoms with E-state index in [2.05, 4.69) is 10.2 Å². The van der Waals surface area contributed by atoms with E-state index in [1.54, 1.807) is 24.3 Å². The summed E-state index contributed by atoms with van der Waals surface area (Å²) in [5.74, 6) is 0.314. The zero-order valence-corrected chi connectivity index (χ0v) is 18.0. The van der Waals surface area contributed by atoms with E-state index in [-0.39, 0.29) is 36.5 Å². The fourth-order valence-electron chi connectivity index (χ4n) is 3.37. The Kier molecular flexibility index (Phi) is 9.27. The summed E-state index contributed by atoms with van der Waals surface area (Å²) in [6, 6.07) is 12.0. The molecule has 30 heavy (non-hydrogen) atoms. The maximum atomic E-state index is 13.6. The molecular weight excluding hydrogens is 407 g/mol. The SMILES string of the molecule is CN(CCCCCC(=O)c1ccc2c(c1)NC(=O)CO2)CCc1ccccc1F.Cl. The molecule has 2 aromatic rings. The van der Waals surface area contributed by atoms with E-state index in [1.807, 2.05) is 19.2 Å². The number of ketones is 1. The average molecular weight is 435 g/mol. The summed E-state index contributed by atoms with van der Waals surface area (Å²) in [5, 5.41) is 2.73. The number of Topliss-reactive ketones (excluding diaryl/α,β-unsaturated/α-hetero) is 1. The molecule has 7 heteroatoms. The highest BCUT2D eigenvalue weighted by Gasteiger charge is 2.17. The first-order valence-corrected chi connectivity index (χ1v) is 10.0. The number of halogens is 2. The van der Waals surface area contributed by atoms with Crippen LogP contribution < -0.4 is 10.1 Å². The minimum absolute atomic E-state index is 0. The second kappa shape index (κ2) is 11.7. The molecule has 1 heterocycles. The van der Waals surface area contributed by atoms with Gasteiger partial charge in [-0.15, -0.1) is 12.4 Å². The van der Waals surface area contributed by atoms with Gasteiger partial charge in [-0.05, 0) is 62.7 Å². The lowest BCUT2D eigenvalue weighted by Crippen LogP contribution is -2.25. The van der Waals surface area contributed by atoms with E-state index in [4.69, 9.17) is 4.74 Å². The molecular formula is C23H28ClFN2O3. The number of benzene rings is 2. The standard InChI is InChI=1S/C23H27FN2O3.ClH/c1-26(14-12-17-7-4-5-8-19(17)24)13-6-2-3-9-21(27)18-10-11-22-20(15-18)25-23(28)16-29-22;/h4-5,7-8,10-11,15H,2-3,6,9,12-14,16H2,1H3,(H,25,28);1H. The lowest BCUT2D eigenvalue weighted by Gasteiger charge is -2.18. The Labute approximate surface area is 183 Å². The second-order valence-electron chi connectivity index (χ2n) is 7.43. The third-order valence-electron chi connectivity index (χ3n) is 5.10. The molecule has 0 saturated heterocycles. The van der Waals surface area contributed by atoms with E-state index in [1.165, 1.54) is 6.07 Å². The molecule has 0 unspecified atom stereocenters. The van der Waals surface area contributed by atoms with Gasteiger partial charge in [-0.1, -0.05) is 24.6 Å². The number of ether oxygens (including phenoxy) is 1. The van der Waals surface area contributed by atoms with Crippen LogP contribution in [0.1, 0.15) is 41.6 Å². The Balaban J connectivity index is 0.00000320. The van der Waals surface area contributed by atoms with Gasteiger partial charge in [0.1, 0.15) is 11.6 Å². The predicted octanol–water partition coefficient (Wildman–Crippen LogP) is 4.50. The Morgan fingerprint density at radius 1 is 1.13 bits per heavy atom. The molecule has 0 aliphatic carbocycles. The molecule has 1 aliphatic rings. The first-order chi connectivity index (χ1) is 14.0. The molecule has 3 rings (SSSR count). The molecule has 162 valence electrons. The van der Waals surface area contributed by atoms with Gasteiger partial charge >= 0.3 is 0 Å². The van der Waals surface area contributed by atoms with Crippen LogP contribution in [-0.2, 0) is 11.2 Å². The van der Waals surface area contributed by atoms with Crippen LogP contribution in [-0.4, -0.2) is 43.3 Å². The van der Waals surface area contributed by atoms with Crippen molar-refractivity contribution < 1.29 is 18.7 Å². The van der Waals surface area contributed by atoms with Crippen molar-refractivity contribution in [3.05, 3.63) is 59.4 Å². The quantitative estimate of drug-likeness (QED) is 0.442. The van der Waals surface area contributed by atoms with E-state index < -0.39 is 0 Å². The number of nitrogens with one attached hydrogen (secondary N) is 1. The molecule has 0 spiro atoms. The molecule has 5 nitrogen and oxygen atoms in total. The normalized spacial score (nSPS) is 12.6. The van der Waals surface area contributed by atoms with Crippen LogP contribution in [0.4, 0.5) is 10.1 Å². The summed E-state index contributed by atoms with van der Waals surface area (Å²) in [6.07, 6.45) is 3.95. The predicted molar refractivity (Wildman–Crippen MR) is 118 cm³/mol. The topological polar surface area (TPSA) is 58.6 Å². The van der Waals surface area contributed by atoms with Crippen LogP contribution in [0.5, 0.6) is 5.75 Å². The Morgan fingerprint density at radius 3 is 2.73 bits per heavy atom. The van der Waals surface area contributed by atoms with Gasteiger partial charge in [-0.3, -0.25) is 9.59 Å². The molecule has 0 bridgehead atoms. The van der Waals surface area contributed by atoms with Gasteiger partial charge in [0, 0.05) is 18.5 Å². The highest BCUT2D eigenvalue weighted by Crippen LogP contribution is 2.29. The number of likely N-dealkylation sites (N-methyl/N-ethyl adjacent to an activating group) is 1. The number of unbranched alkanes of at least 4 members (excludes halogenated alkanes) is 2. The molecule has 1 amide bonds. The van der Waals surface area contributed by atoms with Gasteiger partial charge in [0.15, 0.2) is 12.4 Å². The average Bonchev–Trinajstić information content (AvgIpc) is 2.72. The van der Waals surface area contributed by atoms with Gasteiger partial charge in [0.05, 0.1) is 5.69 Å². The number of nitrogens with zero attached hydrogens (tertiary/aromatic N) is 1. The molecule has 0 atom stereocenters. The van der Waals surface area contributed by atoms with Crippen LogP contribution >= 0.6 is 12.4 Å². The fourth-order valence-corrected chi connectivity index (χ4v) is 3.37. The number of hydrogen-bond acceptors (Lipinski definition) is 4. The summed E-state index contributed by atoms with van der Waals surface area (Å²) in [7, 11) is 2.04. The van der Waals surface area contributed by atoms with Crippen molar-refractivity contribution >= 4 is 29.8 Å². The number of hydrogen-bond donors (Lipinski definition) is 1. The van der Waals surface area contributed by atoms with Crippen molar-refractivity contribution in [2.45, 2.75) is 32.1 Å². The lowest BCUT2D eigenvalue weighted by molar-refractivity contribution is -0.118.